The molecular formula is C26H36O2S. The topological polar surface area (TPSA) is 34.1 Å². The van der Waals surface area contributed by atoms with Crippen molar-refractivity contribution >= 4 is 9.84 Å². The van der Waals surface area contributed by atoms with E-state index in [9.17, 15) is 8.42 Å². The highest BCUT2D eigenvalue weighted by molar-refractivity contribution is 7.91. The van der Waals surface area contributed by atoms with Gasteiger partial charge in [-0.05, 0) is 93.0 Å². The fraction of sp³-hybridized carbons (Fsp3) is 0.538. The van der Waals surface area contributed by atoms with Crippen molar-refractivity contribution in [1.82, 2.24) is 0 Å². The van der Waals surface area contributed by atoms with Crippen LogP contribution in [0.25, 0.3) is 11.1 Å². The van der Waals surface area contributed by atoms with Crippen molar-refractivity contribution in [2.45, 2.75) is 71.5 Å². The van der Waals surface area contributed by atoms with Gasteiger partial charge in [0, 0.05) is 0 Å². The quantitative estimate of drug-likeness (QED) is 0.518. The van der Waals surface area contributed by atoms with E-state index in [4.69, 9.17) is 0 Å². The van der Waals surface area contributed by atoms with Gasteiger partial charge in [0.25, 0.3) is 0 Å². The summed E-state index contributed by atoms with van der Waals surface area (Å²) < 4.78 is 24.3. The lowest BCUT2D eigenvalue weighted by Crippen LogP contribution is -2.26. The summed E-state index contributed by atoms with van der Waals surface area (Å²) in [6, 6.07) is 15.7. The fourth-order valence-electron chi connectivity index (χ4n) is 4.36. The van der Waals surface area contributed by atoms with Crippen LogP contribution in [0.2, 0.25) is 0 Å². The first-order chi connectivity index (χ1) is 13.7. The van der Waals surface area contributed by atoms with Gasteiger partial charge in [-0.15, -0.1) is 0 Å². The van der Waals surface area contributed by atoms with Gasteiger partial charge in [-0.3, -0.25) is 0 Å². The number of hydrogen-bond acceptors (Lipinski definition) is 2. The third-order valence-corrected chi connectivity index (χ3v) is 9.16. The molecule has 1 aliphatic carbocycles. The average molecular weight is 413 g/mol. The van der Waals surface area contributed by atoms with Crippen molar-refractivity contribution in [1.29, 1.82) is 0 Å². The van der Waals surface area contributed by atoms with Crippen LogP contribution >= 0.6 is 0 Å². The van der Waals surface area contributed by atoms with Crippen LogP contribution in [0, 0.1) is 25.7 Å². The zero-order chi connectivity index (χ0) is 21.0. The van der Waals surface area contributed by atoms with Gasteiger partial charge in [0.15, 0.2) is 9.84 Å². The predicted octanol–water partition coefficient (Wildman–Crippen LogP) is 6.53. The van der Waals surface area contributed by atoms with Gasteiger partial charge >= 0.3 is 0 Å². The lowest BCUT2D eigenvalue weighted by atomic mass is 9.80. The largest absolute Gasteiger partial charge is 0.229 e. The molecule has 0 radical (unpaired) electrons. The molecular weight excluding hydrogens is 376 g/mol. The van der Waals surface area contributed by atoms with Crippen molar-refractivity contribution in [2.24, 2.45) is 11.8 Å². The van der Waals surface area contributed by atoms with E-state index in [0.717, 1.165) is 25.2 Å². The minimum atomic E-state index is -2.90. The van der Waals surface area contributed by atoms with Crippen LogP contribution in [0.3, 0.4) is 0 Å². The van der Waals surface area contributed by atoms with Gasteiger partial charge in [-0.25, -0.2) is 8.42 Å². The summed E-state index contributed by atoms with van der Waals surface area (Å²) in [5, 5.41) is -0.244. The second kappa shape index (κ2) is 9.47. The Bertz CT molecular complexity index is 902. The summed E-state index contributed by atoms with van der Waals surface area (Å²) in [4.78, 5) is 0. The first kappa shape index (κ1) is 22.1. The van der Waals surface area contributed by atoms with Crippen LogP contribution in [0.1, 0.15) is 62.6 Å². The molecule has 0 aromatic heterocycles. The van der Waals surface area contributed by atoms with Crippen molar-refractivity contribution in [3.8, 4) is 11.1 Å². The second-order valence-electron chi connectivity index (χ2n) is 9.30. The van der Waals surface area contributed by atoms with Crippen LogP contribution in [-0.2, 0) is 16.3 Å². The lowest BCUT2D eigenvalue weighted by molar-refractivity contribution is 0.278. The maximum atomic E-state index is 12.2. The summed E-state index contributed by atoms with van der Waals surface area (Å²) in [7, 11) is -2.90. The third-order valence-electron chi connectivity index (χ3n) is 6.79. The number of sulfone groups is 1. The maximum absolute atomic E-state index is 12.2. The van der Waals surface area contributed by atoms with E-state index in [1.54, 1.807) is 13.8 Å². The number of aryl methyl sites for hydroxylation is 3. The molecule has 1 fully saturated rings. The van der Waals surface area contributed by atoms with E-state index in [0.29, 0.717) is 11.7 Å². The smallest absolute Gasteiger partial charge is 0.152 e. The Morgan fingerprint density at radius 2 is 1.41 bits per heavy atom. The Morgan fingerprint density at radius 1 is 0.828 bits per heavy atom. The van der Waals surface area contributed by atoms with Crippen LogP contribution in [0.5, 0.6) is 0 Å². The fourth-order valence-corrected chi connectivity index (χ4v) is 5.74. The highest BCUT2D eigenvalue weighted by Gasteiger charge is 2.27. The zero-order valence-electron chi connectivity index (χ0n) is 18.4. The summed E-state index contributed by atoms with van der Waals surface area (Å²) >= 11 is 0. The van der Waals surface area contributed by atoms with Crippen molar-refractivity contribution in [2.75, 3.05) is 5.75 Å². The van der Waals surface area contributed by atoms with Crippen LogP contribution in [0.15, 0.2) is 42.5 Å². The SMILES string of the molecule is Cc1ccc(-c2ccc(CCC3CCC(CS(=O)(=O)C(C)C)CC3)cc2)cc1C. The highest BCUT2D eigenvalue weighted by atomic mass is 32.2. The molecule has 0 spiro atoms. The molecule has 3 heteroatoms. The molecule has 2 nitrogen and oxygen atoms in total. The minimum absolute atomic E-state index is 0.244. The first-order valence-corrected chi connectivity index (χ1v) is 12.8. The van der Waals surface area contributed by atoms with Crippen LogP contribution in [0.4, 0.5) is 0 Å². The highest BCUT2D eigenvalue weighted by Crippen LogP contribution is 2.33. The molecule has 0 heterocycles. The molecule has 29 heavy (non-hydrogen) atoms. The van der Waals surface area contributed by atoms with E-state index in [2.05, 4.69) is 56.3 Å². The molecule has 0 N–H and O–H groups in total. The number of benzene rings is 2. The minimum Gasteiger partial charge on any atom is -0.229 e. The summed E-state index contributed by atoms with van der Waals surface area (Å²) in [5.74, 6) is 1.50. The molecule has 0 bridgehead atoms. The van der Waals surface area contributed by atoms with Crippen LogP contribution in [-0.4, -0.2) is 19.4 Å². The van der Waals surface area contributed by atoms with Crippen molar-refractivity contribution < 1.29 is 8.42 Å². The average Bonchev–Trinajstić information content (AvgIpc) is 2.69. The molecule has 1 aliphatic rings. The normalized spacial score (nSPS) is 20.2. The summed E-state index contributed by atoms with van der Waals surface area (Å²) in [6.07, 6.45) is 6.84. The van der Waals surface area contributed by atoms with Gasteiger partial charge in [-0.1, -0.05) is 55.3 Å². The molecule has 2 aromatic rings. The van der Waals surface area contributed by atoms with E-state index in [-0.39, 0.29) is 5.25 Å². The van der Waals surface area contributed by atoms with E-state index >= 15 is 0 Å². The zero-order valence-corrected chi connectivity index (χ0v) is 19.3. The third kappa shape index (κ3) is 5.94. The van der Waals surface area contributed by atoms with E-state index < -0.39 is 9.84 Å². The van der Waals surface area contributed by atoms with Gasteiger partial charge in [0.05, 0.1) is 11.0 Å². The van der Waals surface area contributed by atoms with E-state index in [1.807, 2.05) is 0 Å². The molecule has 2 aromatic carbocycles. The number of hydrogen-bond donors (Lipinski definition) is 0. The second-order valence-corrected chi connectivity index (χ2v) is 11.9. The maximum Gasteiger partial charge on any atom is 0.152 e. The Labute approximate surface area is 177 Å². The Morgan fingerprint density at radius 3 is 2.00 bits per heavy atom. The molecule has 0 amide bonds. The molecule has 0 unspecified atom stereocenters. The van der Waals surface area contributed by atoms with E-state index in [1.165, 1.54) is 47.1 Å². The predicted molar refractivity (Wildman–Crippen MR) is 124 cm³/mol. The Hall–Kier alpha value is -1.61. The summed E-state index contributed by atoms with van der Waals surface area (Å²) in [5.41, 5.74) is 6.64. The summed E-state index contributed by atoms with van der Waals surface area (Å²) in [6.45, 7) is 7.91. The van der Waals surface area contributed by atoms with Gasteiger partial charge in [0.1, 0.15) is 0 Å². The lowest BCUT2D eigenvalue weighted by Gasteiger charge is -2.28. The molecule has 0 atom stereocenters. The van der Waals surface area contributed by atoms with Gasteiger partial charge < -0.3 is 0 Å². The first-order valence-electron chi connectivity index (χ1n) is 11.1. The molecule has 158 valence electrons. The molecule has 3 rings (SSSR count). The van der Waals surface area contributed by atoms with Gasteiger partial charge in [-0.2, -0.15) is 0 Å². The van der Waals surface area contributed by atoms with Crippen LogP contribution < -0.4 is 0 Å². The number of rotatable bonds is 7. The molecule has 0 aliphatic heterocycles. The molecule has 0 saturated heterocycles. The Kier molecular flexibility index (Phi) is 7.21. The van der Waals surface area contributed by atoms with Crippen molar-refractivity contribution in [3.63, 3.8) is 0 Å². The van der Waals surface area contributed by atoms with Crippen molar-refractivity contribution in [3.05, 3.63) is 59.2 Å². The molecule has 1 saturated carbocycles. The Balaban J connectivity index is 1.48. The monoisotopic (exact) mass is 412 g/mol. The standard InChI is InChI=1S/C26H36O2S/c1-19(2)29(27,28)18-24-10-8-22(9-11-24)6-7-23-12-15-25(16-13-23)26-14-5-20(3)21(4)17-26/h5,12-17,19,22,24H,6-11,18H2,1-4H3. The van der Waals surface area contributed by atoms with Gasteiger partial charge in [0.2, 0.25) is 0 Å².